The third-order valence-electron chi connectivity index (χ3n) is 12.0. The van der Waals surface area contributed by atoms with E-state index in [0.29, 0.717) is 11.1 Å². The number of hydrogen-bond acceptors (Lipinski definition) is 2. The van der Waals surface area contributed by atoms with Crippen molar-refractivity contribution in [1.29, 1.82) is 0 Å². The molecule has 0 aliphatic heterocycles. The predicted molar refractivity (Wildman–Crippen MR) is 222 cm³/mol. The molecule has 0 saturated heterocycles. The number of rotatable bonds is 6. The zero-order chi connectivity index (χ0) is 37.4. The third-order valence-corrected chi connectivity index (χ3v) is 12.0. The van der Waals surface area contributed by atoms with Crippen molar-refractivity contribution in [1.82, 2.24) is 0 Å². The summed E-state index contributed by atoms with van der Waals surface area (Å²) in [6.07, 6.45) is 1.91. The van der Waals surface area contributed by atoms with Gasteiger partial charge >= 0.3 is 0 Å². The molecule has 2 heteroatoms. The number of hydrogen-bond donors (Lipinski definition) is 0. The van der Waals surface area contributed by atoms with Crippen molar-refractivity contribution in [3.05, 3.63) is 199 Å². The molecule has 7 aromatic rings. The van der Waals surface area contributed by atoms with Crippen LogP contribution >= 0.6 is 0 Å². The lowest BCUT2D eigenvalue weighted by Gasteiger charge is -2.21. The van der Waals surface area contributed by atoms with E-state index < -0.39 is 0 Å². The van der Waals surface area contributed by atoms with Crippen molar-refractivity contribution in [2.45, 2.75) is 53.4 Å². The molecule has 0 spiro atoms. The summed E-state index contributed by atoms with van der Waals surface area (Å²) in [6, 6.07) is 43.2. The van der Waals surface area contributed by atoms with Crippen LogP contribution in [0.5, 0.6) is 0 Å². The smallest absolute Gasteiger partial charge is 0.150 e. The molecule has 262 valence electrons. The molecule has 2 aliphatic carbocycles. The van der Waals surface area contributed by atoms with Gasteiger partial charge in [0.15, 0.2) is 12.6 Å². The average molecular weight is 699 g/mol. The SMILES string of the molecule is Cc1cc(C)c(C2c3ccccc3-c3c(-c4cc(C=O)c(-c5cccc6c5-c5ccccc5C6c5c(C)cc(C)cc5C)cc4C=O)cccc32)c(C)c1. The lowest BCUT2D eigenvalue weighted by molar-refractivity contribution is 0.111. The third kappa shape index (κ3) is 5.01. The number of fused-ring (bicyclic) bond motifs is 6. The van der Waals surface area contributed by atoms with Crippen LogP contribution in [-0.2, 0) is 0 Å². The number of benzene rings is 7. The summed E-state index contributed by atoms with van der Waals surface area (Å²) < 4.78 is 0. The molecule has 9 rings (SSSR count). The molecule has 2 unspecified atom stereocenters. The predicted octanol–water partition coefficient (Wildman–Crippen LogP) is 12.8. The molecule has 0 N–H and O–H groups in total. The first-order chi connectivity index (χ1) is 26.2. The Balaban J connectivity index is 1.25. The molecular weight excluding hydrogens is 657 g/mol. The summed E-state index contributed by atoms with van der Waals surface area (Å²) in [6.45, 7) is 13.2. The molecule has 0 bridgehead atoms. The number of carbonyl (C=O) groups excluding carboxylic acids is 2. The summed E-state index contributed by atoms with van der Waals surface area (Å²) in [5.74, 6) is 0.143. The zero-order valence-corrected chi connectivity index (χ0v) is 31.7. The molecule has 7 aromatic carbocycles. The van der Waals surface area contributed by atoms with E-state index in [4.69, 9.17) is 0 Å². The number of carbonyl (C=O) groups is 2. The summed E-state index contributed by atoms with van der Waals surface area (Å²) in [5, 5.41) is 0. The largest absolute Gasteiger partial charge is 0.298 e. The molecule has 0 fully saturated rings. The normalized spacial score (nSPS) is 15.0. The summed E-state index contributed by atoms with van der Waals surface area (Å²) in [7, 11) is 0. The van der Waals surface area contributed by atoms with Gasteiger partial charge in [0.25, 0.3) is 0 Å². The maximum absolute atomic E-state index is 13.2. The topological polar surface area (TPSA) is 34.1 Å². The van der Waals surface area contributed by atoms with Gasteiger partial charge in [-0.1, -0.05) is 120 Å². The van der Waals surface area contributed by atoms with Gasteiger partial charge < -0.3 is 0 Å². The molecule has 2 aliphatic rings. The van der Waals surface area contributed by atoms with Crippen LogP contribution in [0.1, 0.15) is 99.3 Å². The minimum atomic E-state index is 0.0713. The fourth-order valence-corrected chi connectivity index (χ4v) is 10.2. The van der Waals surface area contributed by atoms with Crippen molar-refractivity contribution < 1.29 is 9.59 Å². The molecule has 2 atom stereocenters. The maximum Gasteiger partial charge on any atom is 0.150 e. The first-order valence-corrected chi connectivity index (χ1v) is 18.9. The van der Waals surface area contributed by atoms with Crippen LogP contribution in [0.2, 0.25) is 0 Å². The Labute approximate surface area is 318 Å². The van der Waals surface area contributed by atoms with E-state index in [1.807, 2.05) is 12.1 Å². The van der Waals surface area contributed by atoms with E-state index in [-0.39, 0.29) is 11.8 Å². The van der Waals surface area contributed by atoms with Crippen LogP contribution in [0.4, 0.5) is 0 Å². The lowest BCUT2D eigenvalue weighted by Crippen LogP contribution is -2.05. The van der Waals surface area contributed by atoms with Gasteiger partial charge in [-0.3, -0.25) is 9.59 Å². The highest BCUT2D eigenvalue weighted by molar-refractivity contribution is 6.04. The fourth-order valence-electron chi connectivity index (χ4n) is 10.2. The second-order valence-electron chi connectivity index (χ2n) is 15.5. The van der Waals surface area contributed by atoms with Crippen molar-refractivity contribution in [3.8, 4) is 44.5 Å². The Hall–Kier alpha value is -6.12. The van der Waals surface area contributed by atoms with Crippen LogP contribution in [0.15, 0.2) is 121 Å². The van der Waals surface area contributed by atoms with Crippen LogP contribution in [0, 0.1) is 41.5 Å². The molecule has 0 aromatic heterocycles. The van der Waals surface area contributed by atoms with Gasteiger partial charge in [0, 0.05) is 23.0 Å². The van der Waals surface area contributed by atoms with Crippen LogP contribution in [-0.4, -0.2) is 12.6 Å². The van der Waals surface area contributed by atoms with E-state index in [2.05, 4.69) is 151 Å². The van der Waals surface area contributed by atoms with Gasteiger partial charge in [-0.15, -0.1) is 0 Å². The molecule has 0 saturated carbocycles. The monoisotopic (exact) mass is 698 g/mol. The Morgan fingerprint density at radius 3 is 1.07 bits per heavy atom. The summed E-state index contributed by atoms with van der Waals surface area (Å²) in [4.78, 5) is 26.4. The Morgan fingerprint density at radius 1 is 0.370 bits per heavy atom. The Morgan fingerprint density at radius 2 is 0.704 bits per heavy atom. The molecule has 0 amide bonds. The van der Waals surface area contributed by atoms with Crippen LogP contribution < -0.4 is 0 Å². The number of aryl methyl sites for hydroxylation is 6. The van der Waals surface area contributed by atoms with Gasteiger partial charge in [0.2, 0.25) is 0 Å². The highest BCUT2D eigenvalue weighted by Crippen LogP contribution is 2.55. The molecule has 0 radical (unpaired) electrons. The first kappa shape index (κ1) is 33.7. The fraction of sp³-hybridized carbons (Fsp3) is 0.154. The van der Waals surface area contributed by atoms with E-state index in [9.17, 15) is 9.59 Å². The van der Waals surface area contributed by atoms with E-state index >= 15 is 0 Å². The molecule has 0 heterocycles. The van der Waals surface area contributed by atoms with Crippen LogP contribution in [0.25, 0.3) is 44.5 Å². The van der Waals surface area contributed by atoms with Crippen molar-refractivity contribution in [2.75, 3.05) is 0 Å². The van der Waals surface area contributed by atoms with E-state index in [1.54, 1.807) is 0 Å². The van der Waals surface area contributed by atoms with Crippen molar-refractivity contribution >= 4 is 12.6 Å². The first-order valence-electron chi connectivity index (χ1n) is 18.9. The lowest BCUT2D eigenvalue weighted by atomic mass is 9.82. The van der Waals surface area contributed by atoms with Gasteiger partial charge in [-0.25, -0.2) is 0 Å². The molecule has 54 heavy (non-hydrogen) atoms. The van der Waals surface area contributed by atoms with E-state index in [1.165, 1.54) is 77.9 Å². The van der Waals surface area contributed by atoms with Crippen molar-refractivity contribution in [2.24, 2.45) is 0 Å². The highest BCUT2D eigenvalue weighted by atomic mass is 16.1. The Kier molecular flexibility index (Phi) is 7.97. The quantitative estimate of drug-likeness (QED) is 0.162. The molecule has 2 nitrogen and oxygen atoms in total. The van der Waals surface area contributed by atoms with Gasteiger partial charge in [0.1, 0.15) is 0 Å². The standard InChI is InChI=1S/C52H42O2/c1-29-21-31(3)47(32(4)22-29)51-39-15-9-7-13-37(39)49-41(17-11-19-43(49)51)45-25-36(28-54)46(26-35(45)27-53)42-18-12-20-44-50(42)38-14-8-10-16-40(38)52(44)48-33(5)23-30(2)24-34(48)6/h7-28,51-52H,1-6H3. The van der Waals surface area contributed by atoms with Gasteiger partial charge in [-0.05, 0) is 154 Å². The second-order valence-corrected chi connectivity index (χ2v) is 15.5. The van der Waals surface area contributed by atoms with Crippen LogP contribution in [0.3, 0.4) is 0 Å². The summed E-state index contributed by atoms with van der Waals surface area (Å²) in [5.41, 5.74) is 24.5. The maximum atomic E-state index is 13.2. The van der Waals surface area contributed by atoms with E-state index in [0.717, 1.165) is 46.0 Å². The number of aldehydes is 2. The summed E-state index contributed by atoms with van der Waals surface area (Å²) >= 11 is 0. The zero-order valence-electron chi connectivity index (χ0n) is 31.7. The Bertz CT molecular complexity index is 2490. The second kappa shape index (κ2) is 12.8. The van der Waals surface area contributed by atoms with Gasteiger partial charge in [0.05, 0.1) is 0 Å². The average Bonchev–Trinajstić information content (AvgIpc) is 3.67. The minimum absolute atomic E-state index is 0.0713. The highest BCUT2D eigenvalue weighted by Gasteiger charge is 2.36. The van der Waals surface area contributed by atoms with Gasteiger partial charge in [-0.2, -0.15) is 0 Å². The van der Waals surface area contributed by atoms with Crippen molar-refractivity contribution in [3.63, 3.8) is 0 Å². The molecular formula is C52H42O2. The minimum Gasteiger partial charge on any atom is -0.298 e.